The Morgan fingerprint density at radius 1 is 1.31 bits per heavy atom. The molecule has 3 N–H and O–H groups in total. The van der Waals surface area contributed by atoms with E-state index in [1.165, 1.54) is 6.07 Å². The third-order valence-corrected chi connectivity index (χ3v) is 5.64. The third kappa shape index (κ3) is 7.44. The summed E-state index contributed by atoms with van der Waals surface area (Å²) in [5.74, 6) is 0.0934. The minimum absolute atomic E-state index is 0. The van der Waals surface area contributed by atoms with Crippen molar-refractivity contribution in [2.45, 2.75) is 25.4 Å². The van der Waals surface area contributed by atoms with Crippen molar-refractivity contribution in [1.29, 1.82) is 0 Å². The van der Waals surface area contributed by atoms with Gasteiger partial charge in [0.15, 0.2) is 15.8 Å². The lowest BCUT2D eigenvalue weighted by Gasteiger charge is -2.13. The van der Waals surface area contributed by atoms with Crippen molar-refractivity contribution in [3.05, 3.63) is 35.6 Å². The van der Waals surface area contributed by atoms with Crippen LogP contribution >= 0.6 is 24.0 Å². The van der Waals surface area contributed by atoms with Gasteiger partial charge < -0.3 is 16.0 Å². The van der Waals surface area contributed by atoms with Crippen molar-refractivity contribution < 1.29 is 17.6 Å². The Bertz CT molecular complexity index is 743. The molecule has 1 amide bonds. The molecular formula is C16H24FIN4O3S. The largest absolute Gasteiger partial charge is 0.356 e. The van der Waals surface area contributed by atoms with Gasteiger partial charge in [0, 0.05) is 38.2 Å². The molecule has 1 aliphatic rings. The van der Waals surface area contributed by atoms with Crippen LogP contribution in [0.15, 0.2) is 29.3 Å². The van der Waals surface area contributed by atoms with Crippen molar-refractivity contribution in [2.24, 2.45) is 4.99 Å². The normalized spacial score (nSPS) is 18.7. The van der Waals surface area contributed by atoms with Gasteiger partial charge in [0.25, 0.3) is 0 Å². The average molecular weight is 498 g/mol. The maximum absolute atomic E-state index is 13.6. The first-order chi connectivity index (χ1) is 11.9. The molecule has 1 unspecified atom stereocenters. The van der Waals surface area contributed by atoms with E-state index in [4.69, 9.17) is 0 Å². The average Bonchev–Trinajstić information content (AvgIpc) is 2.90. The van der Waals surface area contributed by atoms with Crippen LogP contribution in [0.25, 0.3) is 0 Å². The molecule has 0 aliphatic carbocycles. The van der Waals surface area contributed by atoms with Crippen LogP contribution in [0.4, 0.5) is 4.39 Å². The predicted octanol–water partition coefficient (Wildman–Crippen LogP) is 0.802. The molecule has 1 aromatic carbocycles. The van der Waals surface area contributed by atoms with Crippen LogP contribution in [0.5, 0.6) is 0 Å². The molecule has 1 atom stereocenters. The van der Waals surface area contributed by atoms with E-state index in [1.807, 2.05) is 0 Å². The Labute approximate surface area is 170 Å². The van der Waals surface area contributed by atoms with E-state index in [1.54, 1.807) is 25.2 Å². The van der Waals surface area contributed by atoms with Crippen molar-refractivity contribution in [2.75, 3.05) is 25.1 Å². The molecule has 1 aromatic rings. The van der Waals surface area contributed by atoms with Crippen LogP contribution in [0.3, 0.4) is 0 Å². The molecule has 0 spiro atoms. The second-order valence-corrected chi connectivity index (χ2v) is 8.09. The van der Waals surface area contributed by atoms with Gasteiger partial charge in [-0.05, 0) is 12.5 Å². The molecule has 7 nitrogen and oxygen atoms in total. The fourth-order valence-electron chi connectivity index (χ4n) is 2.54. The van der Waals surface area contributed by atoms with Gasteiger partial charge in [0.05, 0.1) is 11.5 Å². The van der Waals surface area contributed by atoms with Gasteiger partial charge >= 0.3 is 0 Å². The number of guanidine groups is 1. The van der Waals surface area contributed by atoms with E-state index >= 15 is 0 Å². The van der Waals surface area contributed by atoms with Crippen molar-refractivity contribution >= 4 is 45.7 Å². The van der Waals surface area contributed by atoms with E-state index in [0.29, 0.717) is 24.5 Å². The van der Waals surface area contributed by atoms with Crippen molar-refractivity contribution in [1.82, 2.24) is 16.0 Å². The highest BCUT2D eigenvalue weighted by Gasteiger charge is 2.28. The number of sulfone groups is 1. The first-order valence-corrected chi connectivity index (χ1v) is 9.89. The molecule has 146 valence electrons. The number of amides is 1. The molecule has 1 fully saturated rings. The molecule has 2 rings (SSSR count). The zero-order valence-electron chi connectivity index (χ0n) is 14.5. The fraction of sp³-hybridized carbons (Fsp3) is 0.500. The lowest BCUT2D eigenvalue weighted by atomic mass is 10.2. The summed E-state index contributed by atoms with van der Waals surface area (Å²) in [5.41, 5.74) is 0.519. The summed E-state index contributed by atoms with van der Waals surface area (Å²) < 4.78 is 36.3. The summed E-state index contributed by atoms with van der Waals surface area (Å²) in [6.45, 7) is 0.612. The number of rotatable bonds is 6. The molecule has 1 aliphatic heterocycles. The van der Waals surface area contributed by atoms with Crippen molar-refractivity contribution in [3.63, 3.8) is 0 Å². The predicted molar refractivity (Wildman–Crippen MR) is 110 cm³/mol. The summed E-state index contributed by atoms with van der Waals surface area (Å²) in [6.07, 6.45) is 0.657. The number of carbonyl (C=O) groups is 1. The number of halogens is 2. The van der Waals surface area contributed by atoms with Gasteiger partial charge in [-0.1, -0.05) is 18.2 Å². The Balaban J connectivity index is 0.00000338. The minimum atomic E-state index is -3.01. The Kier molecular flexibility index (Phi) is 9.27. The number of nitrogens with zero attached hydrogens (tertiary/aromatic N) is 1. The van der Waals surface area contributed by atoms with Crippen LogP contribution in [-0.4, -0.2) is 51.4 Å². The van der Waals surface area contributed by atoms with Gasteiger partial charge in [0.2, 0.25) is 5.91 Å². The maximum atomic E-state index is 13.6. The Morgan fingerprint density at radius 2 is 2.04 bits per heavy atom. The fourth-order valence-corrected chi connectivity index (χ4v) is 4.22. The first kappa shape index (κ1) is 22.6. The molecule has 0 aromatic heterocycles. The summed E-state index contributed by atoms with van der Waals surface area (Å²) in [6, 6.07) is 6.15. The van der Waals surface area contributed by atoms with Gasteiger partial charge in [-0.3, -0.25) is 9.79 Å². The van der Waals surface area contributed by atoms with Crippen LogP contribution in [-0.2, 0) is 21.2 Å². The smallest absolute Gasteiger partial charge is 0.222 e. The third-order valence-electron chi connectivity index (χ3n) is 3.87. The maximum Gasteiger partial charge on any atom is 0.222 e. The zero-order valence-corrected chi connectivity index (χ0v) is 17.6. The molecular weight excluding hydrogens is 474 g/mol. The van der Waals surface area contributed by atoms with Gasteiger partial charge in [-0.2, -0.15) is 0 Å². The van der Waals surface area contributed by atoms with E-state index in [-0.39, 0.29) is 66.2 Å². The zero-order chi connectivity index (χ0) is 18.3. The highest BCUT2D eigenvalue weighted by atomic mass is 127. The highest BCUT2D eigenvalue weighted by Crippen LogP contribution is 2.11. The standard InChI is InChI=1S/C16H23FN4O3S.HI/c1-18-16(20-10-12-4-2-3-5-14(12)17)19-8-6-15(22)21-13-7-9-25(23,24)11-13;/h2-5,13H,6-11H2,1H3,(H,21,22)(H2,18,19,20);1H. The number of hydrogen-bond acceptors (Lipinski definition) is 4. The Morgan fingerprint density at radius 3 is 2.65 bits per heavy atom. The number of nitrogens with one attached hydrogen (secondary N) is 3. The van der Waals surface area contributed by atoms with Crippen LogP contribution in [0.1, 0.15) is 18.4 Å². The molecule has 1 heterocycles. The molecule has 1 saturated heterocycles. The molecule has 0 bridgehead atoms. The van der Waals surface area contributed by atoms with Gasteiger partial charge in [-0.25, -0.2) is 12.8 Å². The highest BCUT2D eigenvalue weighted by molar-refractivity contribution is 14.0. The second-order valence-electron chi connectivity index (χ2n) is 5.86. The SMILES string of the molecule is CN=C(NCCC(=O)NC1CCS(=O)(=O)C1)NCc1ccccc1F.I. The summed E-state index contributed by atoms with van der Waals surface area (Å²) in [4.78, 5) is 15.9. The van der Waals surface area contributed by atoms with Crippen molar-refractivity contribution in [3.8, 4) is 0 Å². The first-order valence-electron chi connectivity index (χ1n) is 8.07. The molecule has 0 saturated carbocycles. The Hall–Kier alpha value is -1.43. The number of aliphatic imine (C=N–C) groups is 1. The number of benzene rings is 1. The monoisotopic (exact) mass is 498 g/mol. The minimum Gasteiger partial charge on any atom is -0.356 e. The summed E-state index contributed by atoms with van der Waals surface area (Å²) in [5, 5.41) is 8.66. The summed E-state index contributed by atoms with van der Waals surface area (Å²) >= 11 is 0. The summed E-state index contributed by atoms with van der Waals surface area (Å²) in [7, 11) is -1.42. The van der Waals surface area contributed by atoms with Crippen LogP contribution in [0.2, 0.25) is 0 Å². The van der Waals surface area contributed by atoms with Gasteiger partial charge in [0.1, 0.15) is 5.82 Å². The lowest BCUT2D eigenvalue weighted by Crippen LogP contribution is -2.41. The topological polar surface area (TPSA) is 99.7 Å². The number of carbonyl (C=O) groups excluding carboxylic acids is 1. The van der Waals surface area contributed by atoms with E-state index in [9.17, 15) is 17.6 Å². The van der Waals surface area contributed by atoms with E-state index in [0.717, 1.165) is 0 Å². The quantitative estimate of drug-likeness (QED) is 0.306. The molecule has 26 heavy (non-hydrogen) atoms. The van der Waals surface area contributed by atoms with Crippen LogP contribution < -0.4 is 16.0 Å². The van der Waals surface area contributed by atoms with Crippen LogP contribution in [0, 0.1) is 5.82 Å². The number of hydrogen-bond donors (Lipinski definition) is 3. The molecule has 10 heteroatoms. The second kappa shape index (κ2) is 10.7. The lowest BCUT2D eigenvalue weighted by molar-refractivity contribution is -0.121. The van der Waals surface area contributed by atoms with E-state index < -0.39 is 9.84 Å². The van der Waals surface area contributed by atoms with Gasteiger partial charge in [-0.15, -0.1) is 24.0 Å². The van der Waals surface area contributed by atoms with E-state index in [2.05, 4.69) is 20.9 Å². The molecule has 0 radical (unpaired) electrons.